The van der Waals surface area contributed by atoms with Crippen molar-refractivity contribution in [2.45, 2.75) is 65.7 Å². The molecule has 0 atom stereocenters. The van der Waals surface area contributed by atoms with E-state index in [0.717, 1.165) is 55.1 Å². The van der Waals surface area contributed by atoms with Crippen molar-refractivity contribution in [3.05, 3.63) is 59.1 Å². The summed E-state index contributed by atoms with van der Waals surface area (Å²) in [6, 6.07) is 6.15. The minimum Gasteiger partial charge on any atom is -0.493 e. The van der Waals surface area contributed by atoms with E-state index in [0.29, 0.717) is 11.8 Å². The molecule has 0 N–H and O–H groups in total. The summed E-state index contributed by atoms with van der Waals surface area (Å²) in [7, 11) is 3.34. The molecule has 3 heteroatoms. The van der Waals surface area contributed by atoms with Crippen LogP contribution in [0.15, 0.2) is 35.3 Å². The van der Waals surface area contributed by atoms with Crippen LogP contribution in [0.5, 0.6) is 11.5 Å². The molecular weight excluding hydrogens is 348 g/mol. The molecule has 0 radical (unpaired) electrons. The molecule has 0 aliphatic rings. The molecule has 1 aromatic carbocycles. The van der Waals surface area contributed by atoms with Crippen molar-refractivity contribution in [3.8, 4) is 11.5 Å². The van der Waals surface area contributed by atoms with Gasteiger partial charge in [-0.15, -0.1) is 6.58 Å². The van der Waals surface area contributed by atoms with E-state index in [4.69, 9.17) is 13.9 Å². The van der Waals surface area contributed by atoms with E-state index in [-0.39, 0.29) is 0 Å². The molecule has 0 unspecified atom stereocenters. The van der Waals surface area contributed by atoms with Crippen LogP contribution in [0, 0.1) is 5.92 Å². The SMILES string of the molecule is C=CCc1c(CCCc2ccc(OC)c(OC)c2)oc(C(C)C)c1CC(C)C. The first-order chi connectivity index (χ1) is 13.4. The molecule has 1 aromatic heterocycles. The zero-order valence-corrected chi connectivity index (χ0v) is 18.4. The van der Waals surface area contributed by atoms with Crippen molar-refractivity contribution in [3.63, 3.8) is 0 Å². The first kappa shape index (κ1) is 22.1. The molecule has 2 rings (SSSR count). The first-order valence-electron chi connectivity index (χ1n) is 10.4. The van der Waals surface area contributed by atoms with Crippen LogP contribution < -0.4 is 9.47 Å². The Morgan fingerprint density at radius 3 is 2.29 bits per heavy atom. The van der Waals surface area contributed by atoms with Crippen LogP contribution in [0.4, 0.5) is 0 Å². The normalized spacial score (nSPS) is 11.3. The molecule has 3 nitrogen and oxygen atoms in total. The van der Waals surface area contributed by atoms with Crippen LogP contribution in [0.25, 0.3) is 0 Å². The fraction of sp³-hybridized carbons (Fsp3) is 0.520. The Morgan fingerprint density at radius 2 is 1.71 bits per heavy atom. The lowest BCUT2D eigenvalue weighted by Crippen LogP contribution is -2.02. The number of benzene rings is 1. The molecule has 154 valence electrons. The topological polar surface area (TPSA) is 31.6 Å². The van der Waals surface area contributed by atoms with Gasteiger partial charge in [0.1, 0.15) is 11.5 Å². The summed E-state index contributed by atoms with van der Waals surface area (Å²) in [6.07, 6.45) is 6.89. The zero-order valence-electron chi connectivity index (χ0n) is 18.4. The highest BCUT2D eigenvalue weighted by Crippen LogP contribution is 2.33. The highest BCUT2D eigenvalue weighted by Gasteiger charge is 2.21. The largest absolute Gasteiger partial charge is 0.493 e. The van der Waals surface area contributed by atoms with E-state index in [1.807, 2.05) is 12.1 Å². The average molecular weight is 385 g/mol. The zero-order chi connectivity index (χ0) is 20.7. The number of allylic oxidation sites excluding steroid dienone is 1. The average Bonchev–Trinajstić information content (AvgIpc) is 2.99. The molecule has 0 aliphatic heterocycles. The number of furan rings is 1. The summed E-state index contributed by atoms with van der Waals surface area (Å²) < 4.78 is 17.1. The van der Waals surface area contributed by atoms with Crippen molar-refractivity contribution >= 4 is 0 Å². The van der Waals surface area contributed by atoms with Gasteiger partial charge in [0, 0.05) is 17.9 Å². The van der Waals surface area contributed by atoms with Crippen molar-refractivity contribution in [2.75, 3.05) is 14.2 Å². The Kier molecular flexibility index (Phi) is 8.22. The maximum Gasteiger partial charge on any atom is 0.160 e. The van der Waals surface area contributed by atoms with Crippen LogP contribution in [0.3, 0.4) is 0 Å². The third-order valence-electron chi connectivity index (χ3n) is 5.03. The smallest absolute Gasteiger partial charge is 0.160 e. The summed E-state index contributed by atoms with van der Waals surface area (Å²) in [6.45, 7) is 12.9. The highest BCUT2D eigenvalue weighted by atomic mass is 16.5. The predicted molar refractivity (Wildman–Crippen MR) is 117 cm³/mol. The molecule has 1 heterocycles. The molecule has 0 fully saturated rings. The van der Waals surface area contributed by atoms with Gasteiger partial charge in [0.25, 0.3) is 0 Å². The Hall–Kier alpha value is -2.16. The van der Waals surface area contributed by atoms with Gasteiger partial charge in [-0.1, -0.05) is 39.8 Å². The summed E-state index contributed by atoms with van der Waals surface area (Å²) in [4.78, 5) is 0. The molecule has 0 amide bonds. The van der Waals surface area contributed by atoms with Crippen molar-refractivity contribution in [1.29, 1.82) is 0 Å². The number of methoxy groups -OCH3 is 2. The van der Waals surface area contributed by atoms with Gasteiger partial charge in [-0.3, -0.25) is 0 Å². The Balaban J connectivity index is 2.18. The van der Waals surface area contributed by atoms with E-state index >= 15 is 0 Å². The van der Waals surface area contributed by atoms with Crippen molar-refractivity contribution in [1.82, 2.24) is 0 Å². The maximum absolute atomic E-state index is 6.39. The van der Waals surface area contributed by atoms with E-state index in [1.165, 1.54) is 16.7 Å². The summed E-state index contributed by atoms with van der Waals surface area (Å²) in [5.41, 5.74) is 4.02. The molecule has 0 aliphatic carbocycles. The second kappa shape index (κ2) is 10.4. The Labute approximate surface area is 170 Å². The van der Waals surface area contributed by atoms with Crippen LogP contribution >= 0.6 is 0 Å². The minimum absolute atomic E-state index is 0.400. The lowest BCUT2D eigenvalue weighted by molar-refractivity contribution is 0.354. The van der Waals surface area contributed by atoms with Gasteiger partial charge in [0.2, 0.25) is 0 Å². The van der Waals surface area contributed by atoms with Crippen molar-refractivity contribution in [2.24, 2.45) is 5.92 Å². The number of rotatable bonds is 11. The third-order valence-corrected chi connectivity index (χ3v) is 5.03. The molecule has 28 heavy (non-hydrogen) atoms. The second-order valence-corrected chi connectivity index (χ2v) is 8.13. The third kappa shape index (κ3) is 5.43. The lowest BCUT2D eigenvalue weighted by Gasteiger charge is -2.10. The Morgan fingerprint density at radius 1 is 1.00 bits per heavy atom. The second-order valence-electron chi connectivity index (χ2n) is 8.13. The van der Waals surface area contributed by atoms with Gasteiger partial charge in [0.05, 0.1) is 14.2 Å². The quantitative estimate of drug-likeness (QED) is 0.413. The van der Waals surface area contributed by atoms with Gasteiger partial charge in [0.15, 0.2) is 11.5 Å². The van der Waals surface area contributed by atoms with Crippen LogP contribution in [-0.4, -0.2) is 14.2 Å². The molecule has 2 aromatic rings. The summed E-state index contributed by atoms with van der Waals surface area (Å²) >= 11 is 0. The number of ether oxygens (including phenoxy) is 2. The molecule has 0 saturated carbocycles. The predicted octanol–water partition coefficient (Wildman–Crippen LogP) is 6.52. The molecule has 0 bridgehead atoms. The number of hydrogen-bond acceptors (Lipinski definition) is 3. The number of aryl methyl sites for hydroxylation is 2. The summed E-state index contributed by atoms with van der Waals surface area (Å²) in [5, 5.41) is 0. The van der Waals surface area contributed by atoms with Gasteiger partial charge < -0.3 is 13.9 Å². The van der Waals surface area contributed by atoms with Crippen LogP contribution in [0.1, 0.15) is 68.2 Å². The fourth-order valence-electron chi connectivity index (χ4n) is 3.74. The van der Waals surface area contributed by atoms with Gasteiger partial charge in [-0.25, -0.2) is 0 Å². The van der Waals surface area contributed by atoms with Crippen LogP contribution in [0.2, 0.25) is 0 Å². The fourth-order valence-corrected chi connectivity index (χ4v) is 3.74. The lowest BCUT2D eigenvalue weighted by atomic mass is 9.92. The first-order valence-corrected chi connectivity index (χ1v) is 10.4. The highest BCUT2D eigenvalue weighted by molar-refractivity contribution is 5.43. The summed E-state index contributed by atoms with van der Waals surface area (Å²) in [5.74, 6) is 4.86. The van der Waals surface area contributed by atoms with Crippen LogP contribution in [-0.2, 0) is 25.7 Å². The standard InChI is InChI=1S/C25H36O3/c1-8-10-20-21(15-17(2)3)25(18(4)5)28-22(20)12-9-11-19-13-14-23(26-6)24(16-19)27-7/h8,13-14,16-18H,1,9-12,15H2,2-7H3. The van der Waals surface area contributed by atoms with E-state index < -0.39 is 0 Å². The Bertz CT molecular complexity index is 768. The van der Waals surface area contributed by atoms with Gasteiger partial charge in [-0.05, 0) is 54.9 Å². The van der Waals surface area contributed by atoms with Gasteiger partial charge in [-0.2, -0.15) is 0 Å². The minimum atomic E-state index is 0.400. The van der Waals surface area contributed by atoms with E-state index in [1.54, 1.807) is 14.2 Å². The van der Waals surface area contributed by atoms with Crippen molar-refractivity contribution < 1.29 is 13.9 Å². The molecule has 0 spiro atoms. The van der Waals surface area contributed by atoms with Gasteiger partial charge >= 0.3 is 0 Å². The number of hydrogen-bond donors (Lipinski definition) is 0. The maximum atomic E-state index is 6.39. The molecule has 0 saturated heterocycles. The van der Waals surface area contributed by atoms with E-state index in [2.05, 4.69) is 46.4 Å². The van der Waals surface area contributed by atoms with E-state index in [9.17, 15) is 0 Å². The molecular formula is C25H36O3. The monoisotopic (exact) mass is 384 g/mol.